The Kier molecular flexibility index (Phi) is 4.60. The number of carbonyl (C=O) groups excluding carboxylic acids is 1. The van der Waals surface area contributed by atoms with Gasteiger partial charge >= 0.3 is 5.97 Å². The Morgan fingerprint density at radius 2 is 2.14 bits per heavy atom. The van der Waals surface area contributed by atoms with Crippen LogP contribution < -0.4 is 0 Å². The number of aliphatic hydroxyl groups is 1. The summed E-state index contributed by atoms with van der Waals surface area (Å²) in [5.74, 6) is -0.559. The third-order valence-electron chi connectivity index (χ3n) is 4.16. The van der Waals surface area contributed by atoms with Crippen molar-refractivity contribution in [3.05, 3.63) is 29.3 Å². The molecule has 1 saturated heterocycles. The molecule has 2 rings (SSSR count). The molecule has 1 aromatic rings. The van der Waals surface area contributed by atoms with E-state index in [1.54, 1.807) is 13.0 Å². The number of hydrogen-bond donors (Lipinski definition) is 1. The summed E-state index contributed by atoms with van der Waals surface area (Å²) in [4.78, 5) is 11.8. The molecule has 0 aliphatic carbocycles. The van der Waals surface area contributed by atoms with Gasteiger partial charge in [-0.1, -0.05) is 13.0 Å². The van der Waals surface area contributed by atoms with E-state index in [2.05, 4.69) is 4.74 Å². The number of carbonyl (C=O) groups is 1. The fourth-order valence-electron chi connectivity index (χ4n) is 2.55. The van der Waals surface area contributed by atoms with Gasteiger partial charge in [-0.05, 0) is 31.0 Å². The van der Waals surface area contributed by atoms with E-state index in [-0.39, 0.29) is 23.6 Å². The molecule has 1 heterocycles. The minimum atomic E-state index is -3.69. The SMILES string of the molecule is COC(=O)c1cc(S(=O)(=O)N2CCC(C)(CO)C2)ccc1C. The maximum atomic E-state index is 12.7. The summed E-state index contributed by atoms with van der Waals surface area (Å²) in [7, 11) is -2.43. The lowest BCUT2D eigenvalue weighted by Crippen LogP contribution is -2.32. The van der Waals surface area contributed by atoms with Gasteiger partial charge in [0.25, 0.3) is 0 Å². The largest absolute Gasteiger partial charge is 0.465 e. The second kappa shape index (κ2) is 5.98. The van der Waals surface area contributed by atoms with Gasteiger partial charge in [0.2, 0.25) is 10.0 Å². The summed E-state index contributed by atoms with van der Waals surface area (Å²) in [6, 6.07) is 4.44. The lowest BCUT2D eigenvalue weighted by Gasteiger charge is -2.22. The van der Waals surface area contributed by atoms with Gasteiger partial charge in [-0.25, -0.2) is 13.2 Å². The fraction of sp³-hybridized carbons (Fsp3) is 0.533. The molecule has 0 bridgehead atoms. The van der Waals surface area contributed by atoms with Crippen molar-refractivity contribution in [3.63, 3.8) is 0 Å². The molecule has 7 heteroatoms. The third-order valence-corrected chi connectivity index (χ3v) is 6.00. The molecule has 1 atom stereocenters. The van der Waals surface area contributed by atoms with Crippen LogP contribution in [0.4, 0.5) is 0 Å². The summed E-state index contributed by atoms with van der Waals surface area (Å²) in [6.45, 7) is 4.16. The molecular weight excluding hydrogens is 306 g/mol. The van der Waals surface area contributed by atoms with Crippen LogP contribution in [0, 0.1) is 12.3 Å². The average molecular weight is 327 g/mol. The predicted octanol–water partition coefficient (Wildman–Crippen LogP) is 1.17. The molecule has 1 N–H and O–H groups in total. The van der Waals surface area contributed by atoms with Crippen molar-refractivity contribution in [2.45, 2.75) is 25.2 Å². The molecule has 0 amide bonds. The summed E-state index contributed by atoms with van der Waals surface area (Å²) in [6.07, 6.45) is 0.610. The Labute approximate surface area is 130 Å². The number of methoxy groups -OCH3 is 1. The van der Waals surface area contributed by atoms with E-state index >= 15 is 0 Å². The second-order valence-electron chi connectivity index (χ2n) is 6.03. The Hall–Kier alpha value is -1.44. The molecular formula is C15H21NO5S. The van der Waals surface area contributed by atoms with Crippen molar-refractivity contribution in [3.8, 4) is 0 Å². The average Bonchev–Trinajstić information content (AvgIpc) is 2.91. The smallest absolute Gasteiger partial charge is 0.338 e. The quantitative estimate of drug-likeness (QED) is 0.839. The van der Waals surface area contributed by atoms with E-state index in [0.717, 1.165) is 0 Å². The van der Waals surface area contributed by atoms with Crippen molar-refractivity contribution in [2.24, 2.45) is 5.41 Å². The van der Waals surface area contributed by atoms with Crippen LogP contribution in [0.2, 0.25) is 0 Å². The molecule has 0 spiro atoms. The van der Waals surface area contributed by atoms with Crippen molar-refractivity contribution >= 4 is 16.0 Å². The maximum absolute atomic E-state index is 12.7. The van der Waals surface area contributed by atoms with Gasteiger partial charge in [-0.15, -0.1) is 0 Å². The Bertz CT molecular complexity index is 685. The lowest BCUT2D eigenvalue weighted by atomic mass is 9.91. The highest BCUT2D eigenvalue weighted by molar-refractivity contribution is 7.89. The highest BCUT2D eigenvalue weighted by atomic mass is 32.2. The van der Waals surface area contributed by atoms with Crippen LogP contribution >= 0.6 is 0 Å². The van der Waals surface area contributed by atoms with Crippen LogP contribution in [0.25, 0.3) is 0 Å². The van der Waals surface area contributed by atoms with Crippen LogP contribution in [0.1, 0.15) is 29.3 Å². The first-order valence-corrected chi connectivity index (χ1v) is 8.47. The standard InChI is InChI=1S/C15H21NO5S/c1-11-4-5-12(8-13(11)14(18)21-3)22(19,20)16-7-6-15(2,9-16)10-17/h4-5,8,17H,6-7,9-10H2,1-3H3. The number of hydrogen-bond acceptors (Lipinski definition) is 5. The number of nitrogens with zero attached hydrogens (tertiary/aromatic N) is 1. The minimum Gasteiger partial charge on any atom is -0.465 e. The maximum Gasteiger partial charge on any atom is 0.338 e. The van der Waals surface area contributed by atoms with Gasteiger partial charge in [-0.2, -0.15) is 4.31 Å². The zero-order valence-electron chi connectivity index (χ0n) is 13.0. The minimum absolute atomic E-state index is 0.0552. The van der Waals surface area contributed by atoms with Crippen LogP contribution in [0.5, 0.6) is 0 Å². The molecule has 1 fully saturated rings. The summed E-state index contributed by atoms with van der Waals surface area (Å²) < 4.78 is 31.4. The van der Waals surface area contributed by atoms with E-state index in [4.69, 9.17) is 0 Å². The molecule has 6 nitrogen and oxygen atoms in total. The Balaban J connectivity index is 2.37. The topological polar surface area (TPSA) is 83.9 Å². The predicted molar refractivity (Wildman–Crippen MR) is 81.1 cm³/mol. The molecule has 1 aliphatic heterocycles. The summed E-state index contributed by atoms with van der Waals surface area (Å²) in [5, 5.41) is 9.38. The van der Waals surface area contributed by atoms with E-state index in [9.17, 15) is 18.3 Å². The van der Waals surface area contributed by atoms with Crippen LogP contribution in [-0.4, -0.2) is 50.6 Å². The zero-order chi connectivity index (χ0) is 16.5. The van der Waals surface area contributed by atoms with E-state index < -0.39 is 21.4 Å². The Morgan fingerprint density at radius 3 is 2.68 bits per heavy atom. The van der Waals surface area contributed by atoms with Gasteiger partial charge in [-0.3, -0.25) is 0 Å². The molecule has 1 unspecified atom stereocenters. The molecule has 22 heavy (non-hydrogen) atoms. The second-order valence-corrected chi connectivity index (χ2v) is 7.96. The number of sulfonamides is 1. The number of aliphatic hydroxyl groups excluding tert-OH is 1. The molecule has 0 radical (unpaired) electrons. The number of rotatable bonds is 4. The summed E-state index contributed by atoms with van der Waals surface area (Å²) in [5.41, 5.74) is 0.489. The van der Waals surface area contributed by atoms with E-state index in [0.29, 0.717) is 18.5 Å². The number of ether oxygens (including phenoxy) is 1. The number of esters is 1. The first-order chi connectivity index (χ1) is 10.2. The van der Waals surface area contributed by atoms with Crippen molar-refractivity contribution in [1.29, 1.82) is 0 Å². The molecule has 1 aliphatic rings. The molecule has 0 saturated carbocycles. The van der Waals surface area contributed by atoms with Gasteiger partial charge in [0.05, 0.1) is 17.6 Å². The first-order valence-electron chi connectivity index (χ1n) is 7.03. The third kappa shape index (κ3) is 3.02. The molecule has 1 aromatic carbocycles. The molecule has 0 aromatic heterocycles. The first kappa shape index (κ1) is 16.9. The fourth-order valence-corrected chi connectivity index (χ4v) is 4.17. The number of aryl methyl sites for hydroxylation is 1. The van der Waals surface area contributed by atoms with Crippen LogP contribution in [0.3, 0.4) is 0 Å². The highest BCUT2D eigenvalue weighted by Crippen LogP contribution is 2.33. The van der Waals surface area contributed by atoms with Gasteiger partial charge < -0.3 is 9.84 Å². The van der Waals surface area contributed by atoms with Crippen LogP contribution in [0.15, 0.2) is 23.1 Å². The van der Waals surface area contributed by atoms with Gasteiger partial charge in [0.15, 0.2) is 0 Å². The van der Waals surface area contributed by atoms with E-state index in [1.165, 1.54) is 23.5 Å². The van der Waals surface area contributed by atoms with Gasteiger partial charge in [0, 0.05) is 25.1 Å². The van der Waals surface area contributed by atoms with E-state index in [1.807, 2.05) is 6.92 Å². The van der Waals surface area contributed by atoms with Gasteiger partial charge in [0.1, 0.15) is 0 Å². The highest BCUT2D eigenvalue weighted by Gasteiger charge is 2.39. The normalized spacial score (nSPS) is 22.7. The zero-order valence-corrected chi connectivity index (χ0v) is 13.8. The monoisotopic (exact) mass is 327 g/mol. The summed E-state index contributed by atoms with van der Waals surface area (Å²) >= 11 is 0. The number of benzene rings is 1. The Morgan fingerprint density at radius 1 is 1.45 bits per heavy atom. The van der Waals surface area contributed by atoms with Crippen LogP contribution in [-0.2, 0) is 14.8 Å². The van der Waals surface area contributed by atoms with Crippen molar-refractivity contribution in [2.75, 3.05) is 26.8 Å². The van der Waals surface area contributed by atoms with Crippen molar-refractivity contribution < 1.29 is 23.1 Å². The lowest BCUT2D eigenvalue weighted by molar-refractivity contribution is 0.0599. The molecule has 122 valence electrons. The van der Waals surface area contributed by atoms with Crippen molar-refractivity contribution in [1.82, 2.24) is 4.31 Å².